The van der Waals surface area contributed by atoms with Crippen LogP contribution in [0.15, 0.2) is 30.6 Å². The summed E-state index contributed by atoms with van der Waals surface area (Å²) in [5.41, 5.74) is 0.955. The van der Waals surface area contributed by atoms with Gasteiger partial charge in [-0.05, 0) is 38.5 Å². The SMILES string of the molecule is CC(C)(O)CCS(=O)(=O)N1CCN(c2ccc3nc(OC4CCN(c5ncc(Cl)cn5)CC4)sc3c2)CC1. The zero-order valence-electron chi connectivity index (χ0n) is 21.6. The van der Waals surface area contributed by atoms with Gasteiger partial charge in [-0.2, -0.15) is 4.31 Å². The van der Waals surface area contributed by atoms with Crippen LogP contribution in [0.4, 0.5) is 11.6 Å². The molecule has 0 saturated carbocycles. The molecule has 2 fully saturated rings. The molecule has 13 heteroatoms. The summed E-state index contributed by atoms with van der Waals surface area (Å²) in [6, 6.07) is 6.15. The molecule has 206 valence electrons. The van der Waals surface area contributed by atoms with Crippen molar-refractivity contribution in [2.75, 3.05) is 54.8 Å². The lowest BCUT2D eigenvalue weighted by atomic mass is 10.1. The maximum atomic E-state index is 12.7. The van der Waals surface area contributed by atoms with Gasteiger partial charge in [-0.1, -0.05) is 22.9 Å². The predicted octanol–water partition coefficient (Wildman–Crippen LogP) is 3.40. The van der Waals surface area contributed by atoms with Crippen molar-refractivity contribution in [3.63, 3.8) is 0 Å². The van der Waals surface area contributed by atoms with Crippen molar-refractivity contribution >= 4 is 54.8 Å². The first kappa shape index (κ1) is 27.3. The second kappa shape index (κ2) is 11.1. The van der Waals surface area contributed by atoms with Gasteiger partial charge in [0, 0.05) is 57.8 Å². The molecule has 0 aliphatic carbocycles. The fourth-order valence-electron chi connectivity index (χ4n) is 4.66. The molecule has 0 spiro atoms. The molecule has 1 N–H and O–H groups in total. The molecule has 0 amide bonds. The molecule has 38 heavy (non-hydrogen) atoms. The third kappa shape index (κ3) is 6.66. The van der Waals surface area contributed by atoms with Crippen LogP contribution in [0.25, 0.3) is 10.2 Å². The van der Waals surface area contributed by atoms with Gasteiger partial charge >= 0.3 is 0 Å². The number of aliphatic hydroxyl groups is 1. The van der Waals surface area contributed by atoms with E-state index in [2.05, 4.69) is 30.8 Å². The summed E-state index contributed by atoms with van der Waals surface area (Å²) in [7, 11) is -3.38. The van der Waals surface area contributed by atoms with E-state index >= 15 is 0 Å². The standard InChI is InChI=1S/C25H33ClN6O4S2/c1-25(2,33)7-14-38(34,35)32-12-10-30(11-13-32)19-3-4-21-22(15-19)37-24(29-21)36-20-5-8-31(9-6-20)23-27-16-18(26)17-28-23/h3-4,15-17,20,33H,5-14H2,1-2H3. The average molecular weight is 581 g/mol. The van der Waals surface area contributed by atoms with Crippen molar-refractivity contribution in [1.82, 2.24) is 19.3 Å². The smallest absolute Gasteiger partial charge is 0.274 e. The molecule has 10 nitrogen and oxygen atoms in total. The number of piperazine rings is 1. The fourth-order valence-corrected chi connectivity index (χ4v) is 7.40. The Kier molecular flexibility index (Phi) is 7.97. The van der Waals surface area contributed by atoms with Crippen LogP contribution in [0.2, 0.25) is 5.02 Å². The molecule has 3 aromatic rings. The molecule has 0 atom stereocenters. The van der Waals surface area contributed by atoms with E-state index in [0.29, 0.717) is 42.3 Å². The highest BCUT2D eigenvalue weighted by Crippen LogP contribution is 2.33. The van der Waals surface area contributed by atoms with Crippen molar-refractivity contribution in [2.45, 2.75) is 44.8 Å². The van der Waals surface area contributed by atoms with E-state index in [1.807, 2.05) is 12.1 Å². The Hall–Kier alpha value is -2.25. The number of aromatic nitrogens is 3. The second-order valence-corrected chi connectivity index (χ2v) is 13.9. The summed E-state index contributed by atoms with van der Waals surface area (Å²) in [6.45, 7) is 6.98. The predicted molar refractivity (Wildman–Crippen MR) is 151 cm³/mol. The first-order valence-corrected chi connectivity index (χ1v) is 15.6. The molecule has 0 unspecified atom stereocenters. The van der Waals surface area contributed by atoms with Gasteiger partial charge < -0.3 is 19.6 Å². The van der Waals surface area contributed by atoms with Gasteiger partial charge in [-0.15, -0.1) is 0 Å². The van der Waals surface area contributed by atoms with Crippen molar-refractivity contribution in [3.8, 4) is 5.19 Å². The third-order valence-corrected chi connectivity index (χ3v) is 9.90. The summed E-state index contributed by atoms with van der Waals surface area (Å²) >= 11 is 7.43. The maximum absolute atomic E-state index is 12.7. The van der Waals surface area contributed by atoms with Crippen molar-refractivity contribution < 1.29 is 18.3 Å². The normalized spacial score (nSPS) is 18.3. The van der Waals surface area contributed by atoms with Gasteiger partial charge in [0.05, 0.1) is 39.0 Å². The van der Waals surface area contributed by atoms with Crippen LogP contribution >= 0.6 is 22.9 Å². The number of benzene rings is 1. The van der Waals surface area contributed by atoms with E-state index < -0.39 is 15.6 Å². The minimum absolute atomic E-state index is 0.0416. The quantitative estimate of drug-likeness (QED) is 0.428. The van der Waals surface area contributed by atoms with Crippen molar-refractivity contribution in [1.29, 1.82) is 0 Å². The van der Waals surface area contributed by atoms with Crippen LogP contribution < -0.4 is 14.5 Å². The van der Waals surface area contributed by atoms with Gasteiger partial charge in [0.2, 0.25) is 16.0 Å². The highest BCUT2D eigenvalue weighted by Gasteiger charge is 2.29. The van der Waals surface area contributed by atoms with Crippen molar-refractivity contribution in [3.05, 3.63) is 35.6 Å². The highest BCUT2D eigenvalue weighted by atomic mass is 35.5. The zero-order valence-corrected chi connectivity index (χ0v) is 24.0. The third-order valence-electron chi connectivity index (χ3n) is 6.92. The van der Waals surface area contributed by atoms with Gasteiger partial charge in [-0.3, -0.25) is 0 Å². The summed E-state index contributed by atoms with van der Waals surface area (Å²) in [6.07, 6.45) is 5.25. The number of rotatable bonds is 8. The summed E-state index contributed by atoms with van der Waals surface area (Å²) in [5, 5.41) is 11.1. The number of anilines is 2. The molecular weight excluding hydrogens is 548 g/mol. The Morgan fingerprint density at radius 3 is 2.42 bits per heavy atom. The Morgan fingerprint density at radius 2 is 1.76 bits per heavy atom. The number of piperidine rings is 1. The van der Waals surface area contributed by atoms with Crippen LogP contribution in [0, 0.1) is 0 Å². The summed E-state index contributed by atoms with van der Waals surface area (Å²) in [5.74, 6) is 0.646. The summed E-state index contributed by atoms with van der Waals surface area (Å²) < 4.78 is 34.2. The van der Waals surface area contributed by atoms with Crippen LogP contribution in [-0.2, 0) is 10.0 Å². The number of fused-ring (bicyclic) bond motifs is 1. The maximum Gasteiger partial charge on any atom is 0.274 e. The minimum atomic E-state index is -3.38. The van der Waals surface area contributed by atoms with E-state index in [1.54, 1.807) is 26.2 Å². The lowest BCUT2D eigenvalue weighted by Gasteiger charge is -2.35. The van der Waals surface area contributed by atoms with Crippen LogP contribution in [-0.4, -0.2) is 89.5 Å². The van der Waals surface area contributed by atoms with Crippen LogP contribution in [0.1, 0.15) is 33.1 Å². The molecule has 5 rings (SSSR count). The zero-order chi connectivity index (χ0) is 26.9. The largest absolute Gasteiger partial charge is 0.467 e. The van der Waals surface area contributed by atoms with Crippen LogP contribution in [0.5, 0.6) is 5.19 Å². The lowest BCUT2D eigenvalue weighted by molar-refractivity contribution is 0.0768. The number of nitrogens with zero attached hydrogens (tertiary/aromatic N) is 6. The molecule has 2 saturated heterocycles. The van der Waals surface area contributed by atoms with Gasteiger partial charge in [-0.25, -0.2) is 23.4 Å². The molecular formula is C25H33ClN6O4S2. The lowest BCUT2D eigenvalue weighted by Crippen LogP contribution is -2.49. The van der Waals surface area contributed by atoms with Crippen LogP contribution in [0.3, 0.4) is 0 Å². The Labute approximate surface area is 232 Å². The number of thiazole rings is 1. The van der Waals surface area contributed by atoms with E-state index in [9.17, 15) is 13.5 Å². The molecule has 2 aromatic heterocycles. The minimum Gasteiger partial charge on any atom is -0.467 e. The molecule has 2 aliphatic rings. The molecule has 0 radical (unpaired) electrons. The Bertz CT molecular complexity index is 1350. The van der Waals surface area contributed by atoms with Crippen molar-refractivity contribution in [2.24, 2.45) is 0 Å². The van der Waals surface area contributed by atoms with Gasteiger partial charge in [0.15, 0.2) is 0 Å². The first-order valence-electron chi connectivity index (χ1n) is 12.8. The van der Waals surface area contributed by atoms with Gasteiger partial charge in [0.1, 0.15) is 6.10 Å². The fraction of sp³-hybridized carbons (Fsp3) is 0.560. The Morgan fingerprint density at radius 1 is 1.08 bits per heavy atom. The number of hydrogen-bond acceptors (Lipinski definition) is 10. The molecule has 2 aliphatic heterocycles. The molecule has 0 bridgehead atoms. The number of sulfonamides is 1. The number of ether oxygens (including phenoxy) is 1. The number of halogens is 1. The monoisotopic (exact) mass is 580 g/mol. The second-order valence-electron chi connectivity index (χ2n) is 10.4. The first-order chi connectivity index (χ1) is 18.1. The van der Waals surface area contributed by atoms with E-state index in [0.717, 1.165) is 41.8 Å². The molecule has 4 heterocycles. The number of hydrogen-bond donors (Lipinski definition) is 1. The van der Waals surface area contributed by atoms with E-state index in [4.69, 9.17) is 16.3 Å². The average Bonchev–Trinajstić information content (AvgIpc) is 3.30. The molecule has 1 aromatic carbocycles. The Balaban J connectivity index is 1.15. The van der Waals surface area contributed by atoms with E-state index in [1.165, 1.54) is 15.6 Å². The summed E-state index contributed by atoms with van der Waals surface area (Å²) in [4.78, 5) is 17.6. The van der Waals surface area contributed by atoms with Gasteiger partial charge in [0.25, 0.3) is 5.19 Å². The van der Waals surface area contributed by atoms with E-state index in [-0.39, 0.29) is 18.3 Å². The topological polar surface area (TPSA) is 112 Å². The highest BCUT2D eigenvalue weighted by molar-refractivity contribution is 7.89.